The summed E-state index contributed by atoms with van der Waals surface area (Å²) < 4.78 is 17.2. The number of nitrogens with one attached hydrogen (secondary N) is 1. The third-order valence-electron chi connectivity index (χ3n) is 5.74. The van der Waals surface area contributed by atoms with Crippen LogP contribution in [0, 0.1) is 5.92 Å². The highest BCUT2D eigenvalue weighted by atomic mass is 79.9. The van der Waals surface area contributed by atoms with Gasteiger partial charge in [-0.25, -0.2) is 4.79 Å². The highest BCUT2D eigenvalue weighted by molar-refractivity contribution is 9.10. The van der Waals surface area contributed by atoms with Gasteiger partial charge in [-0.05, 0) is 43.4 Å². The van der Waals surface area contributed by atoms with Crippen LogP contribution in [0.1, 0.15) is 56.9 Å². The van der Waals surface area contributed by atoms with Crippen LogP contribution in [0.4, 0.5) is 0 Å². The zero-order valence-corrected chi connectivity index (χ0v) is 18.8. The van der Waals surface area contributed by atoms with Crippen molar-refractivity contribution in [1.82, 2.24) is 5.32 Å². The fourth-order valence-corrected chi connectivity index (χ4v) is 4.80. The van der Waals surface area contributed by atoms with E-state index in [1.54, 1.807) is 27.2 Å². The molecule has 1 aromatic carbocycles. The predicted octanol–water partition coefficient (Wildman–Crippen LogP) is 4.47. The average molecular weight is 466 g/mol. The van der Waals surface area contributed by atoms with Gasteiger partial charge in [0, 0.05) is 22.5 Å². The number of hydrogen-bond donors (Lipinski definition) is 1. The Morgan fingerprint density at radius 3 is 2.45 bits per heavy atom. The number of rotatable bonds is 6. The number of carbonyl (C=O) groups is 2. The molecule has 1 aromatic rings. The number of amides is 1. The van der Waals surface area contributed by atoms with Gasteiger partial charge in [0.15, 0.2) is 11.5 Å². The first kappa shape index (κ1) is 21.7. The van der Waals surface area contributed by atoms with Gasteiger partial charge in [0.2, 0.25) is 5.91 Å². The fraction of sp³-hybridized carbons (Fsp3) is 0.545. The first-order valence-electron chi connectivity index (χ1n) is 10.0. The van der Waals surface area contributed by atoms with Crippen molar-refractivity contribution in [2.24, 2.45) is 5.92 Å². The molecule has 0 spiro atoms. The van der Waals surface area contributed by atoms with Gasteiger partial charge in [-0.1, -0.05) is 35.2 Å². The van der Waals surface area contributed by atoms with Gasteiger partial charge in [-0.15, -0.1) is 0 Å². The van der Waals surface area contributed by atoms with E-state index in [1.807, 2.05) is 6.07 Å². The molecule has 158 valence electrons. The number of hydrogen-bond acceptors (Lipinski definition) is 5. The predicted molar refractivity (Wildman–Crippen MR) is 113 cm³/mol. The Bertz CT molecular complexity index is 814. The van der Waals surface area contributed by atoms with Crippen molar-refractivity contribution in [3.05, 3.63) is 33.4 Å². The first-order chi connectivity index (χ1) is 13.9. The number of methoxy groups -OCH3 is 2. The van der Waals surface area contributed by atoms with Gasteiger partial charge in [0.05, 0.1) is 26.4 Å². The number of carbonyl (C=O) groups excluding carboxylic acids is 2. The minimum absolute atomic E-state index is 0.127. The van der Waals surface area contributed by atoms with Crippen molar-refractivity contribution in [1.29, 1.82) is 0 Å². The van der Waals surface area contributed by atoms with Crippen LogP contribution in [0.3, 0.4) is 0 Å². The lowest BCUT2D eigenvalue weighted by atomic mass is 9.84. The van der Waals surface area contributed by atoms with Crippen LogP contribution in [0.5, 0.6) is 11.5 Å². The van der Waals surface area contributed by atoms with E-state index in [9.17, 15) is 9.59 Å². The van der Waals surface area contributed by atoms with Crippen molar-refractivity contribution < 1.29 is 23.8 Å². The zero-order valence-electron chi connectivity index (χ0n) is 17.2. The van der Waals surface area contributed by atoms with E-state index in [0.717, 1.165) is 22.9 Å². The zero-order chi connectivity index (χ0) is 21.0. The molecule has 1 atom stereocenters. The molecule has 0 bridgehead atoms. The number of esters is 1. The van der Waals surface area contributed by atoms with E-state index in [2.05, 4.69) is 21.2 Å². The molecule has 1 fully saturated rings. The standard InChI is InChI=1S/C22H28BrNO5/c1-13-21(22(26)29-12-14-7-5-4-6-8-14)16(10-20(25)24-13)15-9-18(27-2)19(28-3)11-17(15)23/h9,11,14,16H,4-8,10,12H2,1-3H3,(H,24,25)/t16-/m1/s1. The maximum atomic E-state index is 13.0. The number of allylic oxidation sites excluding steroid dienone is 1. The molecule has 29 heavy (non-hydrogen) atoms. The second-order valence-corrected chi connectivity index (χ2v) is 8.53. The summed E-state index contributed by atoms with van der Waals surface area (Å²) in [6.07, 6.45) is 6.03. The Labute approximate surface area is 180 Å². The number of ether oxygens (including phenoxy) is 3. The van der Waals surface area contributed by atoms with Crippen molar-refractivity contribution in [3.8, 4) is 11.5 Å². The molecule has 1 N–H and O–H groups in total. The lowest BCUT2D eigenvalue weighted by molar-refractivity contribution is -0.141. The summed E-state index contributed by atoms with van der Waals surface area (Å²) in [5, 5.41) is 2.79. The van der Waals surface area contributed by atoms with Crippen LogP contribution in [0.15, 0.2) is 27.9 Å². The highest BCUT2D eigenvalue weighted by Gasteiger charge is 2.35. The summed E-state index contributed by atoms with van der Waals surface area (Å²) >= 11 is 3.56. The molecule has 1 aliphatic carbocycles. The third-order valence-corrected chi connectivity index (χ3v) is 6.43. The van der Waals surface area contributed by atoms with E-state index in [4.69, 9.17) is 14.2 Å². The molecule has 0 saturated heterocycles. The lowest BCUT2D eigenvalue weighted by Gasteiger charge is -2.28. The quantitative estimate of drug-likeness (QED) is 0.627. The Kier molecular flexibility index (Phi) is 7.22. The fourth-order valence-electron chi connectivity index (χ4n) is 4.20. The van der Waals surface area contributed by atoms with Gasteiger partial charge < -0.3 is 19.5 Å². The number of benzene rings is 1. The second-order valence-electron chi connectivity index (χ2n) is 7.67. The molecule has 1 saturated carbocycles. The summed E-state index contributed by atoms with van der Waals surface area (Å²) in [5.41, 5.74) is 1.83. The molecule has 1 amide bonds. The summed E-state index contributed by atoms with van der Waals surface area (Å²) in [6, 6.07) is 3.61. The van der Waals surface area contributed by atoms with Crippen molar-refractivity contribution in [3.63, 3.8) is 0 Å². The van der Waals surface area contributed by atoms with Crippen LogP contribution in [-0.4, -0.2) is 32.7 Å². The molecule has 1 aliphatic heterocycles. The highest BCUT2D eigenvalue weighted by Crippen LogP contribution is 2.42. The molecule has 3 rings (SSSR count). The molecule has 6 nitrogen and oxygen atoms in total. The van der Waals surface area contributed by atoms with Gasteiger partial charge >= 0.3 is 5.97 Å². The monoisotopic (exact) mass is 465 g/mol. The molecule has 0 unspecified atom stereocenters. The minimum Gasteiger partial charge on any atom is -0.493 e. The molecule has 1 heterocycles. The Hall–Kier alpha value is -2.02. The minimum atomic E-state index is -0.420. The topological polar surface area (TPSA) is 73.9 Å². The van der Waals surface area contributed by atoms with Crippen LogP contribution in [0.25, 0.3) is 0 Å². The van der Waals surface area contributed by atoms with Crippen LogP contribution < -0.4 is 14.8 Å². The van der Waals surface area contributed by atoms with Crippen LogP contribution in [-0.2, 0) is 14.3 Å². The summed E-state index contributed by atoms with van der Waals surface area (Å²) in [4.78, 5) is 25.3. The maximum absolute atomic E-state index is 13.0. The largest absolute Gasteiger partial charge is 0.493 e. The maximum Gasteiger partial charge on any atom is 0.336 e. The van der Waals surface area contributed by atoms with E-state index in [1.165, 1.54) is 19.3 Å². The van der Waals surface area contributed by atoms with Gasteiger partial charge in [-0.2, -0.15) is 0 Å². The van der Waals surface area contributed by atoms with E-state index < -0.39 is 5.92 Å². The van der Waals surface area contributed by atoms with E-state index in [0.29, 0.717) is 35.3 Å². The molecule has 0 radical (unpaired) electrons. The average Bonchev–Trinajstić information content (AvgIpc) is 2.72. The normalized spacial score (nSPS) is 20.3. The van der Waals surface area contributed by atoms with E-state index >= 15 is 0 Å². The smallest absolute Gasteiger partial charge is 0.336 e. The van der Waals surface area contributed by atoms with Crippen molar-refractivity contribution in [2.75, 3.05) is 20.8 Å². The van der Waals surface area contributed by atoms with Crippen molar-refractivity contribution in [2.45, 2.75) is 51.4 Å². The third kappa shape index (κ3) is 4.94. The molecule has 7 heteroatoms. The number of halogens is 1. The second kappa shape index (κ2) is 9.65. The summed E-state index contributed by atoms with van der Waals surface area (Å²) in [6.45, 7) is 2.18. The Morgan fingerprint density at radius 1 is 1.14 bits per heavy atom. The van der Waals surface area contributed by atoms with Crippen molar-refractivity contribution >= 4 is 27.8 Å². The molecular weight excluding hydrogens is 438 g/mol. The van der Waals surface area contributed by atoms with Crippen LogP contribution >= 0.6 is 15.9 Å². The molecule has 0 aromatic heterocycles. The summed E-state index contributed by atoms with van der Waals surface area (Å²) in [5.74, 6) is 0.641. The van der Waals surface area contributed by atoms with E-state index in [-0.39, 0.29) is 18.3 Å². The lowest BCUT2D eigenvalue weighted by Crippen LogP contribution is -2.34. The van der Waals surface area contributed by atoms with Gasteiger partial charge in [0.25, 0.3) is 0 Å². The summed E-state index contributed by atoms with van der Waals surface area (Å²) in [7, 11) is 3.12. The first-order valence-corrected chi connectivity index (χ1v) is 10.8. The molecule has 2 aliphatic rings. The SMILES string of the molecule is COc1cc(Br)c([C@H]2CC(=O)NC(C)=C2C(=O)OCC2CCCCC2)cc1OC. The Balaban J connectivity index is 1.88. The van der Waals surface area contributed by atoms with Gasteiger partial charge in [-0.3, -0.25) is 4.79 Å². The molecular formula is C22H28BrNO5. The van der Waals surface area contributed by atoms with Crippen LogP contribution in [0.2, 0.25) is 0 Å². The Morgan fingerprint density at radius 2 is 1.79 bits per heavy atom. The van der Waals surface area contributed by atoms with Gasteiger partial charge in [0.1, 0.15) is 0 Å².